The smallest absolute Gasteiger partial charge is 0.309 e. The van der Waals surface area contributed by atoms with Gasteiger partial charge in [-0.15, -0.1) is 0 Å². The van der Waals surface area contributed by atoms with Crippen molar-refractivity contribution in [2.24, 2.45) is 5.92 Å². The number of ether oxygens (including phenoxy) is 1. The second-order valence-corrected chi connectivity index (χ2v) is 5.27. The first kappa shape index (κ1) is 11.7. The van der Waals surface area contributed by atoms with Gasteiger partial charge in [-0.25, -0.2) is 0 Å². The minimum Gasteiger partial charge on any atom is -0.469 e. The molecule has 1 fully saturated rings. The number of hydrogen-bond donors (Lipinski definition) is 0. The zero-order valence-corrected chi connectivity index (χ0v) is 9.51. The molecule has 0 N–H and O–H groups in total. The van der Waals surface area contributed by atoms with Crippen LogP contribution in [0.4, 0.5) is 0 Å². The summed E-state index contributed by atoms with van der Waals surface area (Å²) in [6.45, 7) is 4.23. The normalized spacial score (nSPS) is 21.9. The van der Waals surface area contributed by atoms with Crippen LogP contribution >= 0.6 is 0 Å². The fraction of sp³-hybridized carbons (Fsp3) is 0.889. The van der Waals surface area contributed by atoms with E-state index in [0.29, 0.717) is 6.54 Å². The second-order valence-electron chi connectivity index (χ2n) is 3.57. The Bertz CT molecular complexity index is 222. The van der Waals surface area contributed by atoms with Crippen molar-refractivity contribution in [3.05, 3.63) is 0 Å². The van der Waals surface area contributed by atoms with Gasteiger partial charge in [-0.05, 0) is 0 Å². The number of carbonyl (C=O) groups excluding carboxylic acids is 1. The zero-order chi connectivity index (χ0) is 10.6. The summed E-state index contributed by atoms with van der Waals surface area (Å²) in [6.07, 6.45) is 0. The molecule has 1 aliphatic rings. The maximum atomic E-state index is 11.1. The van der Waals surface area contributed by atoms with Gasteiger partial charge in [0.1, 0.15) is 0 Å². The molecule has 0 bridgehead atoms. The van der Waals surface area contributed by atoms with E-state index < -0.39 is 10.8 Å². The molecule has 0 aromatic carbocycles. The van der Waals surface area contributed by atoms with Crippen molar-refractivity contribution in [2.75, 3.05) is 38.2 Å². The van der Waals surface area contributed by atoms with Crippen LogP contribution in [-0.2, 0) is 20.3 Å². The van der Waals surface area contributed by atoms with E-state index >= 15 is 0 Å². The minimum absolute atomic E-state index is 0.0912. The topological polar surface area (TPSA) is 46.6 Å². The van der Waals surface area contributed by atoms with Crippen LogP contribution in [0.1, 0.15) is 6.92 Å². The Kier molecular flexibility index (Phi) is 4.54. The van der Waals surface area contributed by atoms with E-state index in [4.69, 9.17) is 0 Å². The van der Waals surface area contributed by atoms with Crippen LogP contribution in [0.25, 0.3) is 0 Å². The Labute approximate surface area is 87.1 Å². The molecule has 1 saturated heterocycles. The SMILES string of the molecule is COC(=O)C(C)CN1CCS(=O)CC1. The van der Waals surface area contributed by atoms with Gasteiger partial charge >= 0.3 is 5.97 Å². The minimum atomic E-state index is -0.646. The molecule has 0 spiro atoms. The summed E-state index contributed by atoms with van der Waals surface area (Å²) in [7, 11) is 0.761. The number of nitrogens with zero attached hydrogens (tertiary/aromatic N) is 1. The standard InChI is InChI=1S/C9H17NO3S/c1-8(9(11)13-2)7-10-3-5-14(12)6-4-10/h8H,3-7H2,1-2H3. The van der Waals surface area contributed by atoms with Gasteiger partial charge < -0.3 is 9.64 Å². The summed E-state index contributed by atoms with van der Waals surface area (Å²) in [5.74, 6) is 1.20. The molecule has 1 rings (SSSR count). The molecule has 1 aliphatic heterocycles. The summed E-state index contributed by atoms with van der Waals surface area (Å²) < 4.78 is 15.7. The molecule has 14 heavy (non-hydrogen) atoms. The molecule has 4 nitrogen and oxygen atoms in total. The van der Waals surface area contributed by atoms with Gasteiger partial charge in [0.25, 0.3) is 0 Å². The van der Waals surface area contributed by atoms with E-state index in [0.717, 1.165) is 24.6 Å². The Balaban J connectivity index is 2.30. The Morgan fingerprint density at radius 1 is 1.50 bits per heavy atom. The quantitative estimate of drug-likeness (QED) is 0.620. The fourth-order valence-corrected chi connectivity index (χ4v) is 2.65. The highest BCUT2D eigenvalue weighted by Crippen LogP contribution is 2.06. The average Bonchev–Trinajstić information content (AvgIpc) is 2.20. The predicted molar refractivity (Wildman–Crippen MR) is 55.5 cm³/mol. The summed E-state index contributed by atoms with van der Waals surface area (Å²) in [4.78, 5) is 13.3. The molecule has 0 aromatic rings. The summed E-state index contributed by atoms with van der Waals surface area (Å²) in [5, 5.41) is 0. The first-order chi connectivity index (χ1) is 6.63. The second kappa shape index (κ2) is 5.46. The van der Waals surface area contributed by atoms with Crippen LogP contribution in [0.5, 0.6) is 0 Å². The van der Waals surface area contributed by atoms with Crippen LogP contribution in [0.2, 0.25) is 0 Å². The van der Waals surface area contributed by atoms with Gasteiger partial charge in [0, 0.05) is 41.9 Å². The monoisotopic (exact) mass is 219 g/mol. The van der Waals surface area contributed by atoms with E-state index in [1.54, 1.807) is 0 Å². The van der Waals surface area contributed by atoms with Gasteiger partial charge in [0.15, 0.2) is 0 Å². The van der Waals surface area contributed by atoms with Crippen LogP contribution in [0.15, 0.2) is 0 Å². The Morgan fingerprint density at radius 2 is 2.07 bits per heavy atom. The van der Waals surface area contributed by atoms with Crippen LogP contribution in [-0.4, -0.2) is 53.3 Å². The molecule has 5 heteroatoms. The highest BCUT2D eigenvalue weighted by Gasteiger charge is 2.20. The van der Waals surface area contributed by atoms with Gasteiger partial charge in [0.2, 0.25) is 0 Å². The number of hydrogen-bond acceptors (Lipinski definition) is 4. The highest BCUT2D eigenvalue weighted by atomic mass is 32.2. The predicted octanol–water partition coefficient (Wildman–Crippen LogP) is -0.140. The van der Waals surface area contributed by atoms with Crippen molar-refractivity contribution in [1.29, 1.82) is 0 Å². The molecule has 1 heterocycles. The van der Waals surface area contributed by atoms with Crippen molar-refractivity contribution < 1.29 is 13.7 Å². The lowest BCUT2D eigenvalue weighted by atomic mass is 10.1. The zero-order valence-electron chi connectivity index (χ0n) is 8.69. The maximum absolute atomic E-state index is 11.1. The molecule has 0 radical (unpaired) electrons. The summed E-state index contributed by atoms with van der Waals surface area (Å²) in [6, 6.07) is 0. The summed E-state index contributed by atoms with van der Waals surface area (Å²) in [5.41, 5.74) is 0. The lowest BCUT2D eigenvalue weighted by molar-refractivity contribution is -0.145. The van der Waals surface area contributed by atoms with Crippen molar-refractivity contribution >= 4 is 16.8 Å². The van der Waals surface area contributed by atoms with Gasteiger partial charge in [0.05, 0.1) is 13.0 Å². The van der Waals surface area contributed by atoms with Crippen molar-refractivity contribution in [1.82, 2.24) is 4.90 Å². The van der Waals surface area contributed by atoms with Crippen molar-refractivity contribution in [3.63, 3.8) is 0 Å². The highest BCUT2D eigenvalue weighted by molar-refractivity contribution is 7.85. The number of rotatable bonds is 3. The van der Waals surface area contributed by atoms with Crippen molar-refractivity contribution in [3.8, 4) is 0 Å². The van der Waals surface area contributed by atoms with E-state index in [2.05, 4.69) is 9.64 Å². The molecular weight excluding hydrogens is 202 g/mol. The molecule has 0 saturated carbocycles. The Hall–Kier alpha value is -0.420. The third-order valence-corrected chi connectivity index (χ3v) is 3.68. The number of carbonyl (C=O) groups is 1. The largest absolute Gasteiger partial charge is 0.469 e. The molecule has 82 valence electrons. The maximum Gasteiger partial charge on any atom is 0.309 e. The number of esters is 1. The average molecular weight is 219 g/mol. The van der Waals surface area contributed by atoms with Gasteiger partial charge in [-0.3, -0.25) is 9.00 Å². The fourth-order valence-electron chi connectivity index (χ4n) is 1.52. The first-order valence-corrected chi connectivity index (χ1v) is 6.27. The Morgan fingerprint density at radius 3 is 2.57 bits per heavy atom. The van der Waals surface area contributed by atoms with Gasteiger partial charge in [-0.1, -0.05) is 6.92 Å². The van der Waals surface area contributed by atoms with Crippen LogP contribution in [0, 0.1) is 5.92 Å². The number of methoxy groups -OCH3 is 1. The lowest BCUT2D eigenvalue weighted by Crippen LogP contribution is -2.41. The van der Waals surface area contributed by atoms with E-state index in [1.807, 2.05) is 6.92 Å². The molecule has 1 atom stereocenters. The van der Waals surface area contributed by atoms with Crippen molar-refractivity contribution in [2.45, 2.75) is 6.92 Å². The lowest BCUT2D eigenvalue weighted by Gasteiger charge is -2.27. The first-order valence-electron chi connectivity index (χ1n) is 4.78. The third-order valence-electron chi connectivity index (χ3n) is 2.41. The molecule has 0 aromatic heterocycles. The summed E-state index contributed by atoms with van der Waals surface area (Å²) >= 11 is 0. The van der Waals surface area contributed by atoms with E-state index in [-0.39, 0.29) is 11.9 Å². The van der Waals surface area contributed by atoms with Gasteiger partial charge in [-0.2, -0.15) is 0 Å². The molecule has 1 unspecified atom stereocenters. The van der Waals surface area contributed by atoms with Crippen LogP contribution in [0.3, 0.4) is 0 Å². The van der Waals surface area contributed by atoms with E-state index in [9.17, 15) is 9.00 Å². The van der Waals surface area contributed by atoms with Crippen LogP contribution < -0.4 is 0 Å². The van der Waals surface area contributed by atoms with E-state index in [1.165, 1.54) is 7.11 Å². The third kappa shape index (κ3) is 3.38. The molecule has 0 amide bonds. The molecular formula is C9H17NO3S. The molecule has 0 aliphatic carbocycles.